The fraction of sp³-hybridized carbons (Fsp3) is 0.154. The van der Waals surface area contributed by atoms with Gasteiger partial charge in [0.1, 0.15) is 11.2 Å². The number of rotatable bonds is 7. The lowest BCUT2D eigenvalue weighted by Crippen LogP contribution is -2.23. The molecule has 1 aliphatic carbocycles. The number of fused-ring (bicyclic) bond motifs is 2. The Morgan fingerprint density at radius 1 is 1.23 bits per heavy atom. The molecule has 0 bridgehead atoms. The summed E-state index contributed by atoms with van der Waals surface area (Å²) in [5, 5.41) is 11.8. The normalized spacial score (nSPS) is 12.8. The van der Waals surface area contributed by atoms with Gasteiger partial charge in [-0.3, -0.25) is 4.79 Å². The van der Waals surface area contributed by atoms with Gasteiger partial charge in [-0.15, -0.1) is 16.4 Å². The van der Waals surface area contributed by atoms with Gasteiger partial charge in [0.15, 0.2) is 11.5 Å². The van der Waals surface area contributed by atoms with Crippen molar-refractivity contribution >= 4 is 45.6 Å². The average molecular weight is 560 g/mol. The molecule has 0 atom stereocenters. The Hall–Kier alpha value is -4.42. The van der Waals surface area contributed by atoms with Gasteiger partial charge < -0.3 is 14.1 Å². The largest absolute Gasteiger partial charge is 0.345 e. The van der Waals surface area contributed by atoms with Crippen molar-refractivity contribution in [3.05, 3.63) is 94.0 Å². The third-order valence-corrected chi connectivity index (χ3v) is 7.69. The predicted octanol–water partition coefficient (Wildman–Crippen LogP) is 4.56. The summed E-state index contributed by atoms with van der Waals surface area (Å²) in [6.45, 7) is 2.32. The molecule has 7 rings (SSSR count). The van der Waals surface area contributed by atoms with Crippen molar-refractivity contribution in [2.45, 2.75) is 26.4 Å². The molecule has 0 aromatic carbocycles. The number of imidazole rings is 2. The van der Waals surface area contributed by atoms with Gasteiger partial charge in [0.05, 0.1) is 51.9 Å². The van der Waals surface area contributed by atoms with Crippen LogP contribution in [0.25, 0.3) is 27.2 Å². The third-order valence-electron chi connectivity index (χ3n) is 6.45. The van der Waals surface area contributed by atoms with Crippen molar-refractivity contribution in [3.8, 4) is 10.4 Å². The van der Waals surface area contributed by atoms with Crippen molar-refractivity contribution in [1.29, 1.82) is 0 Å². The number of thiazole rings is 1. The van der Waals surface area contributed by atoms with Gasteiger partial charge in [0.2, 0.25) is 0 Å². The van der Waals surface area contributed by atoms with Gasteiger partial charge in [-0.2, -0.15) is 0 Å². The van der Waals surface area contributed by atoms with Crippen LogP contribution in [-0.2, 0) is 13.1 Å². The molecule has 0 fully saturated rings. The summed E-state index contributed by atoms with van der Waals surface area (Å²) in [5.41, 5.74) is 5.81. The van der Waals surface area contributed by atoms with Crippen LogP contribution in [0.5, 0.6) is 0 Å². The molecular formula is C26H19ClFN9OS. The zero-order valence-electron chi connectivity index (χ0n) is 20.5. The molecule has 39 heavy (non-hydrogen) atoms. The number of hydrogen-bond donors (Lipinski definition) is 1. The Balaban J connectivity index is 1.10. The highest BCUT2D eigenvalue weighted by atomic mass is 35.5. The average Bonchev–Trinajstić information content (AvgIpc) is 3.26. The van der Waals surface area contributed by atoms with Crippen LogP contribution in [0, 0.1) is 12.7 Å². The summed E-state index contributed by atoms with van der Waals surface area (Å²) in [6.07, 6.45) is 13.7. The van der Waals surface area contributed by atoms with Crippen molar-refractivity contribution in [2.24, 2.45) is 0 Å². The van der Waals surface area contributed by atoms with E-state index in [9.17, 15) is 9.18 Å². The van der Waals surface area contributed by atoms with Crippen LogP contribution in [0.4, 0.5) is 4.39 Å². The minimum Gasteiger partial charge on any atom is -0.345 e. The van der Waals surface area contributed by atoms with Gasteiger partial charge >= 0.3 is 0 Å². The Morgan fingerprint density at radius 3 is 2.90 bits per heavy atom. The van der Waals surface area contributed by atoms with Crippen molar-refractivity contribution in [2.75, 3.05) is 0 Å². The molecule has 0 saturated carbocycles. The van der Waals surface area contributed by atoms with Crippen molar-refractivity contribution in [3.63, 3.8) is 0 Å². The summed E-state index contributed by atoms with van der Waals surface area (Å²) in [6, 6.07) is 3.61. The van der Waals surface area contributed by atoms with E-state index in [0.717, 1.165) is 33.2 Å². The molecule has 13 heteroatoms. The molecule has 6 heterocycles. The molecule has 6 aromatic heterocycles. The third kappa shape index (κ3) is 4.37. The number of halogens is 2. The van der Waals surface area contributed by atoms with E-state index in [2.05, 4.69) is 43.9 Å². The monoisotopic (exact) mass is 559 g/mol. The number of carbonyl (C=O) groups excluding carboxylic acids is 1. The Kier molecular flexibility index (Phi) is 5.53. The minimum absolute atomic E-state index is 0.00445. The van der Waals surface area contributed by atoms with E-state index in [1.165, 1.54) is 27.9 Å². The number of nitrogens with one attached hydrogen (secondary N) is 1. The maximum atomic E-state index is 14.5. The lowest BCUT2D eigenvalue weighted by molar-refractivity contribution is 0.0945. The quantitative estimate of drug-likeness (QED) is 0.307. The fourth-order valence-corrected chi connectivity index (χ4v) is 5.40. The summed E-state index contributed by atoms with van der Waals surface area (Å²) >= 11 is 7.53. The maximum Gasteiger partial charge on any atom is 0.273 e. The zero-order chi connectivity index (χ0) is 26.7. The molecule has 0 aliphatic heterocycles. The first-order chi connectivity index (χ1) is 18.9. The van der Waals surface area contributed by atoms with E-state index in [4.69, 9.17) is 16.6 Å². The van der Waals surface area contributed by atoms with Crippen LogP contribution >= 0.6 is 22.9 Å². The number of carbonyl (C=O) groups is 1. The first kappa shape index (κ1) is 23.7. The molecule has 10 nitrogen and oxygen atoms in total. The van der Waals surface area contributed by atoms with Gasteiger partial charge in [0.25, 0.3) is 5.91 Å². The number of hydrogen-bond acceptors (Lipinski definition) is 7. The molecule has 0 unspecified atom stereocenters. The van der Waals surface area contributed by atoms with Crippen LogP contribution in [0.15, 0.2) is 55.5 Å². The molecule has 194 valence electrons. The number of pyridine rings is 2. The SMILES string of the molecule is Cc1ncc(-c2cc(C3=CC3)cn3cc(Cn4cc(C(=O)NCc5ncn6ccc(Cl)c(F)c56)nn4)nc23)s1. The van der Waals surface area contributed by atoms with Gasteiger partial charge in [0, 0.05) is 30.4 Å². The summed E-state index contributed by atoms with van der Waals surface area (Å²) < 4.78 is 19.6. The molecule has 0 spiro atoms. The number of amides is 1. The molecule has 0 saturated heterocycles. The lowest BCUT2D eigenvalue weighted by atomic mass is 10.1. The van der Waals surface area contributed by atoms with Crippen LogP contribution in [0.3, 0.4) is 0 Å². The van der Waals surface area contributed by atoms with E-state index in [0.29, 0.717) is 12.2 Å². The lowest BCUT2D eigenvalue weighted by Gasteiger charge is -2.04. The minimum atomic E-state index is -0.589. The Labute approximate surface area is 229 Å². The standard InChI is InChI=1S/C26H19ClFN9OS/c1-14-29-8-22(39-14)18-6-16(15-2-3-15)9-36-10-17(32-25(18)36)11-37-12-21(33-34-37)26(38)30-7-20-24-23(28)19(27)4-5-35(24)13-31-20/h2,4-6,8-10,12-13H,3,7,11H2,1H3,(H,30,38). The second-order valence-corrected chi connectivity index (χ2v) is 10.8. The molecule has 1 N–H and O–H groups in total. The first-order valence-electron chi connectivity index (χ1n) is 12.0. The highest BCUT2D eigenvalue weighted by molar-refractivity contribution is 7.15. The second kappa shape index (κ2) is 9.10. The number of aryl methyl sites for hydroxylation is 1. The van der Waals surface area contributed by atoms with Crippen LogP contribution in [-0.4, -0.2) is 44.7 Å². The van der Waals surface area contributed by atoms with Gasteiger partial charge in [-0.25, -0.2) is 24.0 Å². The molecular weight excluding hydrogens is 541 g/mol. The number of nitrogens with zero attached hydrogens (tertiary/aromatic N) is 8. The summed E-state index contributed by atoms with van der Waals surface area (Å²) in [4.78, 5) is 27.3. The molecule has 1 amide bonds. The molecule has 0 radical (unpaired) electrons. The summed E-state index contributed by atoms with van der Waals surface area (Å²) in [5.74, 6) is -1.04. The Morgan fingerprint density at radius 2 is 2.10 bits per heavy atom. The molecule has 6 aromatic rings. The van der Waals surface area contributed by atoms with E-state index in [1.807, 2.05) is 23.7 Å². The zero-order valence-corrected chi connectivity index (χ0v) is 22.0. The smallest absolute Gasteiger partial charge is 0.273 e. The highest BCUT2D eigenvalue weighted by Gasteiger charge is 2.19. The fourth-order valence-electron chi connectivity index (χ4n) is 4.47. The summed E-state index contributed by atoms with van der Waals surface area (Å²) in [7, 11) is 0. The highest BCUT2D eigenvalue weighted by Crippen LogP contribution is 2.36. The van der Waals surface area contributed by atoms with Crippen LogP contribution in [0.1, 0.15) is 38.9 Å². The topological polar surface area (TPSA) is 107 Å². The number of aromatic nitrogens is 8. The van der Waals surface area contributed by atoms with Crippen molar-refractivity contribution in [1.82, 2.24) is 44.1 Å². The maximum absolute atomic E-state index is 14.5. The van der Waals surface area contributed by atoms with Crippen LogP contribution in [0.2, 0.25) is 5.02 Å². The molecule has 1 aliphatic rings. The Bertz CT molecular complexity index is 1950. The van der Waals surface area contributed by atoms with E-state index >= 15 is 0 Å². The second-order valence-electron chi connectivity index (χ2n) is 9.19. The predicted molar refractivity (Wildman–Crippen MR) is 144 cm³/mol. The first-order valence-corrected chi connectivity index (χ1v) is 13.2. The van der Waals surface area contributed by atoms with Gasteiger partial charge in [-0.05, 0) is 36.6 Å². The number of allylic oxidation sites excluding steroid dienone is 2. The van der Waals surface area contributed by atoms with E-state index < -0.39 is 11.7 Å². The van der Waals surface area contributed by atoms with Gasteiger partial charge in [-0.1, -0.05) is 22.9 Å². The van der Waals surface area contributed by atoms with E-state index in [-0.39, 0.29) is 22.8 Å². The van der Waals surface area contributed by atoms with Crippen molar-refractivity contribution < 1.29 is 9.18 Å². The van der Waals surface area contributed by atoms with E-state index in [1.54, 1.807) is 28.4 Å². The van der Waals surface area contributed by atoms with Crippen LogP contribution < -0.4 is 5.32 Å².